The minimum atomic E-state index is -5.01. The molecule has 2 heterocycles. The van der Waals surface area contributed by atoms with E-state index in [4.69, 9.17) is 14.2 Å². The molecule has 2 aromatic rings. The first-order valence-corrected chi connectivity index (χ1v) is 8.76. The Hall–Kier alpha value is -2.75. The average molecular weight is 399 g/mol. The third kappa shape index (κ3) is 3.32. The van der Waals surface area contributed by atoms with Gasteiger partial charge in [-0.25, -0.2) is 4.79 Å². The second-order valence-corrected chi connectivity index (χ2v) is 6.91. The highest BCUT2D eigenvalue weighted by Crippen LogP contribution is 2.47. The van der Waals surface area contributed by atoms with Crippen LogP contribution in [0.2, 0.25) is 0 Å². The van der Waals surface area contributed by atoms with Gasteiger partial charge in [-0.3, -0.25) is 4.79 Å². The molecule has 1 aromatic heterocycles. The van der Waals surface area contributed by atoms with Crippen LogP contribution in [0.5, 0.6) is 11.5 Å². The van der Waals surface area contributed by atoms with Gasteiger partial charge in [0, 0.05) is 12.0 Å². The maximum absolute atomic E-state index is 12.7. The Morgan fingerprint density at radius 2 is 1.89 bits per heavy atom. The number of amides is 1. The number of thiophene rings is 1. The lowest BCUT2D eigenvalue weighted by Gasteiger charge is -2.16. The van der Waals surface area contributed by atoms with Gasteiger partial charge in [0.2, 0.25) is 6.79 Å². The van der Waals surface area contributed by atoms with Crippen LogP contribution < -0.4 is 14.8 Å². The predicted octanol–water partition coefficient (Wildman–Crippen LogP) is 3.50. The zero-order valence-electron chi connectivity index (χ0n) is 13.5. The van der Waals surface area contributed by atoms with E-state index in [9.17, 15) is 22.8 Å². The second-order valence-electron chi connectivity index (χ2n) is 5.97. The molecule has 2 aliphatic rings. The number of hydrogen-bond acceptors (Lipinski definition) is 6. The summed E-state index contributed by atoms with van der Waals surface area (Å²) in [6, 6.07) is 5.39. The molecular formula is C17H12F3NO5S. The summed E-state index contributed by atoms with van der Waals surface area (Å²) in [6.45, 7) is -0.0164. The number of hydrogen-bond donors (Lipinski definition) is 1. The van der Waals surface area contributed by atoms with Crippen LogP contribution in [-0.4, -0.2) is 24.8 Å². The van der Waals surface area contributed by atoms with E-state index >= 15 is 0 Å². The standard InChI is InChI=1S/C17H12F3NO5S/c18-17(19,20)16(23)21-10-6-11(26-15(22)14-2-1-3-27-14)9-5-13-12(4-8(9)10)24-7-25-13/h1-5,10-11H,6-7H2,(H,21,23)/t10-,11+/m0/s1. The zero-order chi connectivity index (χ0) is 19.2. The van der Waals surface area contributed by atoms with E-state index in [1.54, 1.807) is 23.6 Å². The van der Waals surface area contributed by atoms with Crippen molar-refractivity contribution >= 4 is 23.2 Å². The summed E-state index contributed by atoms with van der Waals surface area (Å²) in [7, 11) is 0. The summed E-state index contributed by atoms with van der Waals surface area (Å²) in [5.41, 5.74) is 0.887. The van der Waals surface area contributed by atoms with E-state index in [1.807, 2.05) is 5.32 Å². The predicted molar refractivity (Wildman–Crippen MR) is 86.6 cm³/mol. The monoisotopic (exact) mass is 399 g/mol. The highest BCUT2D eigenvalue weighted by molar-refractivity contribution is 7.11. The molecule has 6 nitrogen and oxygen atoms in total. The Labute approximate surface area is 154 Å². The first-order valence-electron chi connectivity index (χ1n) is 7.88. The summed E-state index contributed by atoms with van der Waals surface area (Å²) in [6.07, 6.45) is -5.85. The van der Waals surface area contributed by atoms with Gasteiger partial charge >= 0.3 is 18.1 Å². The van der Waals surface area contributed by atoms with Crippen molar-refractivity contribution in [3.8, 4) is 11.5 Å². The first kappa shape index (κ1) is 17.7. The summed E-state index contributed by atoms with van der Waals surface area (Å²) in [5, 5.41) is 3.67. The second kappa shape index (κ2) is 6.45. The van der Waals surface area contributed by atoms with Crippen LogP contribution in [0, 0.1) is 0 Å². The Morgan fingerprint density at radius 3 is 2.52 bits per heavy atom. The number of fused-ring (bicyclic) bond motifs is 2. The summed E-state index contributed by atoms with van der Waals surface area (Å²) in [5.74, 6) is -1.86. The molecule has 4 rings (SSSR count). The van der Waals surface area contributed by atoms with Crippen molar-refractivity contribution in [3.05, 3.63) is 45.6 Å². The molecule has 27 heavy (non-hydrogen) atoms. The number of rotatable bonds is 3. The van der Waals surface area contributed by atoms with Gasteiger partial charge in [0.1, 0.15) is 11.0 Å². The molecule has 0 bridgehead atoms. The molecule has 1 aliphatic carbocycles. The van der Waals surface area contributed by atoms with Gasteiger partial charge in [0.05, 0.1) is 6.04 Å². The van der Waals surface area contributed by atoms with Crippen LogP contribution in [0.3, 0.4) is 0 Å². The number of esters is 1. The van der Waals surface area contributed by atoms with Crippen molar-refractivity contribution in [2.45, 2.75) is 24.7 Å². The van der Waals surface area contributed by atoms with Gasteiger partial charge in [0.25, 0.3) is 0 Å². The summed E-state index contributed by atoms with van der Waals surface area (Å²) in [4.78, 5) is 24.0. The number of ether oxygens (including phenoxy) is 3. The van der Waals surface area contributed by atoms with Crippen molar-refractivity contribution < 1.29 is 37.0 Å². The number of carbonyl (C=O) groups excluding carboxylic acids is 2. The van der Waals surface area contributed by atoms with E-state index in [0.717, 1.165) is 0 Å². The van der Waals surface area contributed by atoms with Gasteiger partial charge in [-0.2, -0.15) is 13.2 Å². The average Bonchev–Trinajstić information content (AvgIpc) is 3.33. The topological polar surface area (TPSA) is 73.9 Å². The van der Waals surface area contributed by atoms with Crippen LogP contribution in [0.1, 0.15) is 39.4 Å². The van der Waals surface area contributed by atoms with Gasteiger partial charge < -0.3 is 19.5 Å². The Morgan fingerprint density at radius 1 is 1.19 bits per heavy atom. The molecule has 0 spiro atoms. The van der Waals surface area contributed by atoms with Crippen molar-refractivity contribution in [3.63, 3.8) is 0 Å². The number of alkyl halides is 3. The molecule has 0 saturated heterocycles. The summed E-state index contributed by atoms with van der Waals surface area (Å²) >= 11 is 1.19. The van der Waals surface area contributed by atoms with Crippen LogP contribution >= 0.6 is 11.3 Å². The lowest BCUT2D eigenvalue weighted by Crippen LogP contribution is -2.38. The molecule has 0 radical (unpaired) electrons. The fourth-order valence-electron chi connectivity index (χ4n) is 3.09. The molecule has 1 aliphatic heterocycles. The van der Waals surface area contributed by atoms with Crippen molar-refractivity contribution in [2.24, 2.45) is 0 Å². The zero-order valence-corrected chi connectivity index (χ0v) is 14.4. The van der Waals surface area contributed by atoms with Crippen LogP contribution in [-0.2, 0) is 9.53 Å². The minimum absolute atomic E-state index is 0.0164. The first-order chi connectivity index (χ1) is 12.8. The number of carbonyl (C=O) groups is 2. The smallest absolute Gasteiger partial charge is 0.454 e. The van der Waals surface area contributed by atoms with E-state index in [1.165, 1.54) is 17.4 Å². The van der Waals surface area contributed by atoms with Crippen LogP contribution in [0.25, 0.3) is 0 Å². The van der Waals surface area contributed by atoms with E-state index < -0.39 is 30.2 Å². The molecule has 2 atom stereocenters. The lowest BCUT2D eigenvalue weighted by molar-refractivity contribution is -0.174. The largest absolute Gasteiger partial charge is 0.471 e. The molecule has 1 amide bonds. The van der Waals surface area contributed by atoms with Crippen molar-refractivity contribution in [1.29, 1.82) is 0 Å². The van der Waals surface area contributed by atoms with Crippen molar-refractivity contribution in [2.75, 3.05) is 6.79 Å². The molecule has 1 N–H and O–H groups in total. The minimum Gasteiger partial charge on any atom is -0.454 e. The number of nitrogens with one attached hydrogen (secondary N) is 1. The van der Waals surface area contributed by atoms with Gasteiger partial charge in [-0.05, 0) is 29.1 Å². The molecule has 0 unspecified atom stereocenters. The van der Waals surface area contributed by atoms with E-state index in [0.29, 0.717) is 27.5 Å². The molecule has 10 heteroatoms. The lowest BCUT2D eigenvalue weighted by atomic mass is 10.1. The Balaban J connectivity index is 1.63. The SMILES string of the molecule is O=C(O[C@@H]1C[C@H](NC(=O)C(F)(F)F)c2cc3c(cc21)OCO3)c1cccs1. The molecular weight excluding hydrogens is 387 g/mol. The van der Waals surface area contributed by atoms with E-state index in [-0.39, 0.29) is 13.2 Å². The number of benzene rings is 1. The molecule has 0 saturated carbocycles. The highest BCUT2D eigenvalue weighted by atomic mass is 32.1. The Bertz CT molecular complexity index is 897. The fraction of sp³-hybridized carbons (Fsp3) is 0.294. The Kier molecular flexibility index (Phi) is 4.22. The maximum Gasteiger partial charge on any atom is 0.471 e. The van der Waals surface area contributed by atoms with Crippen molar-refractivity contribution in [1.82, 2.24) is 5.32 Å². The quantitative estimate of drug-likeness (QED) is 0.800. The molecule has 1 aromatic carbocycles. The maximum atomic E-state index is 12.7. The number of halogens is 3. The normalized spacial score (nSPS) is 20.3. The highest BCUT2D eigenvalue weighted by Gasteiger charge is 2.43. The third-order valence-electron chi connectivity index (χ3n) is 4.28. The van der Waals surface area contributed by atoms with Crippen LogP contribution in [0.15, 0.2) is 29.6 Å². The van der Waals surface area contributed by atoms with Gasteiger partial charge in [-0.15, -0.1) is 11.3 Å². The third-order valence-corrected chi connectivity index (χ3v) is 5.13. The van der Waals surface area contributed by atoms with E-state index in [2.05, 4.69) is 0 Å². The molecule has 142 valence electrons. The summed E-state index contributed by atoms with van der Waals surface area (Å²) < 4.78 is 54.0. The van der Waals surface area contributed by atoms with Gasteiger partial charge in [-0.1, -0.05) is 6.07 Å². The fourth-order valence-corrected chi connectivity index (χ4v) is 3.70. The van der Waals surface area contributed by atoms with Crippen LogP contribution in [0.4, 0.5) is 13.2 Å². The van der Waals surface area contributed by atoms with Gasteiger partial charge in [0.15, 0.2) is 11.5 Å². The molecule has 0 fully saturated rings.